The Morgan fingerprint density at radius 2 is 1.93 bits per heavy atom. The monoisotopic (exact) mass is 397 g/mol. The summed E-state index contributed by atoms with van der Waals surface area (Å²) in [4.78, 5) is 45.7. The van der Waals surface area contributed by atoms with E-state index in [0.717, 1.165) is 11.3 Å². The van der Waals surface area contributed by atoms with Crippen molar-refractivity contribution in [2.24, 2.45) is 5.92 Å². The molecule has 0 aliphatic carbocycles. The third-order valence-electron chi connectivity index (χ3n) is 5.68. The highest BCUT2D eigenvalue weighted by atomic mass is 16.5. The average molecular weight is 397 g/mol. The molecule has 1 unspecified atom stereocenters. The maximum Gasteiger partial charge on any atom is 0.308 e. The van der Waals surface area contributed by atoms with Gasteiger partial charge < -0.3 is 19.0 Å². The van der Waals surface area contributed by atoms with Crippen molar-refractivity contribution in [3.63, 3.8) is 0 Å². The maximum absolute atomic E-state index is 13.3. The van der Waals surface area contributed by atoms with Gasteiger partial charge in [0.15, 0.2) is 5.76 Å². The molecule has 29 heavy (non-hydrogen) atoms. The van der Waals surface area contributed by atoms with Crippen LogP contribution in [0.15, 0.2) is 41.1 Å². The number of esters is 1. The largest absolute Gasteiger partial charge is 0.469 e. The highest BCUT2D eigenvalue weighted by Gasteiger charge is 2.38. The minimum atomic E-state index is -0.534. The molecular weight excluding hydrogens is 374 g/mol. The first-order valence-corrected chi connectivity index (χ1v) is 9.71. The van der Waals surface area contributed by atoms with Crippen LogP contribution in [0.1, 0.15) is 40.6 Å². The summed E-state index contributed by atoms with van der Waals surface area (Å²) < 4.78 is 10.1. The van der Waals surface area contributed by atoms with Gasteiger partial charge in [0.1, 0.15) is 0 Å². The smallest absolute Gasteiger partial charge is 0.308 e. The Bertz CT molecular complexity index is 903. The number of hydrogen-bond donors (Lipinski definition) is 0. The van der Waals surface area contributed by atoms with Gasteiger partial charge in [-0.05, 0) is 36.6 Å². The molecule has 0 radical (unpaired) electrons. The van der Waals surface area contributed by atoms with Crippen LogP contribution in [0.25, 0.3) is 0 Å². The van der Waals surface area contributed by atoms with Gasteiger partial charge in [-0.1, -0.05) is 6.07 Å². The molecule has 0 N–H and O–H groups in total. The number of carbonyl (C=O) groups excluding carboxylic acids is 3. The third kappa shape index (κ3) is 3.74. The topological polar surface area (TPSA) is 93.0 Å². The van der Waals surface area contributed by atoms with Crippen molar-refractivity contribution < 1.29 is 23.5 Å². The second-order valence-corrected chi connectivity index (χ2v) is 7.39. The lowest BCUT2D eigenvalue weighted by Gasteiger charge is -2.37. The van der Waals surface area contributed by atoms with E-state index >= 15 is 0 Å². The molecular formula is C21H23N3O5. The van der Waals surface area contributed by atoms with Crippen molar-refractivity contribution in [2.45, 2.75) is 25.3 Å². The van der Waals surface area contributed by atoms with Gasteiger partial charge in [-0.25, -0.2) is 0 Å². The number of amides is 2. The lowest BCUT2D eigenvalue weighted by atomic mass is 9.91. The molecule has 152 valence electrons. The number of fused-ring (bicyclic) bond motifs is 1. The van der Waals surface area contributed by atoms with Crippen molar-refractivity contribution in [1.82, 2.24) is 14.8 Å². The van der Waals surface area contributed by atoms with Crippen molar-refractivity contribution in [1.29, 1.82) is 0 Å². The highest BCUT2D eigenvalue weighted by Crippen LogP contribution is 2.30. The van der Waals surface area contributed by atoms with Crippen LogP contribution in [-0.2, 0) is 20.9 Å². The van der Waals surface area contributed by atoms with Gasteiger partial charge >= 0.3 is 5.97 Å². The van der Waals surface area contributed by atoms with Crippen molar-refractivity contribution in [3.05, 3.63) is 53.7 Å². The second kappa shape index (κ2) is 8.06. The molecule has 2 amide bonds. The molecule has 2 aliphatic rings. The third-order valence-corrected chi connectivity index (χ3v) is 5.68. The first-order chi connectivity index (χ1) is 14.1. The number of nitrogens with zero attached hydrogens (tertiary/aromatic N) is 3. The Balaban J connectivity index is 1.53. The van der Waals surface area contributed by atoms with Gasteiger partial charge in [0.25, 0.3) is 5.91 Å². The quantitative estimate of drug-likeness (QED) is 0.734. The second-order valence-electron chi connectivity index (χ2n) is 7.39. The molecule has 4 heterocycles. The molecule has 0 spiro atoms. The number of likely N-dealkylation sites (tertiary alicyclic amines) is 1. The summed E-state index contributed by atoms with van der Waals surface area (Å²) in [7, 11) is 1.38. The van der Waals surface area contributed by atoms with E-state index in [1.54, 1.807) is 28.1 Å². The van der Waals surface area contributed by atoms with E-state index in [0.29, 0.717) is 32.5 Å². The maximum atomic E-state index is 13.3. The Morgan fingerprint density at radius 1 is 1.14 bits per heavy atom. The van der Waals surface area contributed by atoms with Crippen LogP contribution in [0.3, 0.4) is 0 Å². The molecule has 8 heteroatoms. The summed E-state index contributed by atoms with van der Waals surface area (Å²) in [6.45, 7) is 1.61. The Kier molecular flexibility index (Phi) is 5.33. The fourth-order valence-corrected chi connectivity index (χ4v) is 4.10. The number of carbonyl (C=O) groups is 3. The van der Waals surface area contributed by atoms with Crippen LogP contribution in [0.2, 0.25) is 0 Å². The standard InChI is InChI=1S/C21H23N3O5/c1-28-21(27)14-6-9-23(10-7-14)19(25)16-13-24(20(26)17-5-3-11-29-17)12-15-4-2-8-22-18(15)16/h2-5,8,11,14,16H,6-7,9-10,12-13H2,1H3. The minimum absolute atomic E-state index is 0.0646. The molecule has 0 saturated carbocycles. The molecule has 2 aliphatic heterocycles. The lowest BCUT2D eigenvalue weighted by Crippen LogP contribution is -2.48. The summed E-state index contributed by atoms with van der Waals surface area (Å²) in [5, 5.41) is 0. The predicted octanol–water partition coefficient (Wildman–Crippen LogP) is 1.83. The van der Waals surface area contributed by atoms with Crippen LogP contribution in [0.4, 0.5) is 0 Å². The van der Waals surface area contributed by atoms with E-state index in [1.807, 2.05) is 12.1 Å². The number of furan rings is 1. The van der Waals surface area contributed by atoms with E-state index < -0.39 is 5.92 Å². The number of hydrogen-bond acceptors (Lipinski definition) is 6. The first kappa shape index (κ1) is 19.2. The molecule has 1 atom stereocenters. The van der Waals surface area contributed by atoms with E-state index in [4.69, 9.17) is 9.15 Å². The SMILES string of the molecule is COC(=O)C1CCN(C(=O)C2CN(C(=O)c3ccco3)Cc3cccnc32)CC1. The van der Waals surface area contributed by atoms with E-state index in [9.17, 15) is 14.4 Å². The fraction of sp³-hybridized carbons (Fsp3) is 0.429. The summed E-state index contributed by atoms with van der Waals surface area (Å²) >= 11 is 0. The average Bonchev–Trinajstić information content (AvgIpc) is 3.32. The number of aromatic nitrogens is 1. The summed E-state index contributed by atoms with van der Waals surface area (Å²) in [6.07, 6.45) is 4.29. The highest BCUT2D eigenvalue weighted by molar-refractivity contribution is 5.93. The van der Waals surface area contributed by atoms with Crippen LogP contribution < -0.4 is 0 Å². The van der Waals surface area contributed by atoms with Crippen LogP contribution in [0.5, 0.6) is 0 Å². The molecule has 1 fully saturated rings. The van der Waals surface area contributed by atoms with E-state index in [1.165, 1.54) is 13.4 Å². The van der Waals surface area contributed by atoms with Gasteiger partial charge in [0.05, 0.1) is 30.9 Å². The summed E-state index contributed by atoms with van der Waals surface area (Å²) in [5.74, 6) is -0.984. The number of rotatable bonds is 3. The fourth-order valence-electron chi connectivity index (χ4n) is 4.10. The molecule has 0 bridgehead atoms. The minimum Gasteiger partial charge on any atom is -0.469 e. The zero-order valence-electron chi connectivity index (χ0n) is 16.2. The van der Waals surface area contributed by atoms with Crippen LogP contribution in [0, 0.1) is 5.92 Å². The van der Waals surface area contributed by atoms with Crippen molar-refractivity contribution in [3.8, 4) is 0 Å². The Morgan fingerprint density at radius 3 is 2.62 bits per heavy atom. The zero-order chi connectivity index (χ0) is 20.4. The summed E-state index contributed by atoms with van der Waals surface area (Å²) in [6, 6.07) is 6.99. The number of ether oxygens (including phenoxy) is 1. The van der Waals surface area contributed by atoms with Gasteiger partial charge in [0, 0.05) is 32.4 Å². The van der Waals surface area contributed by atoms with Crippen LogP contribution >= 0.6 is 0 Å². The summed E-state index contributed by atoms with van der Waals surface area (Å²) in [5.41, 5.74) is 1.58. The van der Waals surface area contributed by atoms with Gasteiger partial charge in [-0.15, -0.1) is 0 Å². The van der Waals surface area contributed by atoms with Crippen LogP contribution in [-0.4, -0.2) is 59.3 Å². The molecule has 2 aromatic heterocycles. The Hall–Kier alpha value is -3.16. The molecule has 2 aromatic rings. The number of pyridine rings is 1. The van der Waals surface area contributed by atoms with Gasteiger partial charge in [0.2, 0.25) is 5.91 Å². The first-order valence-electron chi connectivity index (χ1n) is 9.71. The zero-order valence-corrected chi connectivity index (χ0v) is 16.2. The van der Waals surface area contributed by atoms with Crippen molar-refractivity contribution >= 4 is 17.8 Å². The number of piperidine rings is 1. The molecule has 8 nitrogen and oxygen atoms in total. The van der Waals surface area contributed by atoms with Crippen molar-refractivity contribution in [2.75, 3.05) is 26.7 Å². The number of methoxy groups -OCH3 is 1. The van der Waals surface area contributed by atoms with E-state index in [-0.39, 0.29) is 36.0 Å². The van der Waals surface area contributed by atoms with Gasteiger partial charge in [-0.3, -0.25) is 19.4 Å². The predicted molar refractivity (Wildman–Crippen MR) is 102 cm³/mol. The lowest BCUT2D eigenvalue weighted by molar-refractivity contribution is -0.149. The Labute approximate surface area is 168 Å². The molecule has 4 rings (SSSR count). The molecule has 1 saturated heterocycles. The van der Waals surface area contributed by atoms with Gasteiger partial charge in [-0.2, -0.15) is 0 Å². The molecule has 0 aromatic carbocycles. The normalized spacial score (nSPS) is 19.6. The van der Waals surface area contributed by atoms with E-state index in [2.05, 4.69) is 4.98 Å².